The predicted molar refractivity (Wildman–Crippen MR) is 74.4 cm³/mol. The highest BCUT2D eigenvalue weighted by atomic mass is 35.5. The minimum Gasteiger partial charge on any atom is -0.314 e. The van der Waals surface area contributed by atoms with E-state index in [0.29, 0.717) is 12.6 Å². The van der Waals surface area contributed by atoms with Crippen LogP contribution in [0.3, 0.4) is 0 Å². The lowest BCUT2D eigenvalue weighted by molar-refractivity contribution is 0.554. The van der Waals surface area contributed by atoms with Gasteiger partial charge in [0.1, 0.15) is 4.90 Å². The Morgan fingerprint density at radius 1 is 1.22 bits per heavy atom. The molecular formula is C12H19ClN2O2S. The van der Waals surface area contributed by atoms with Crippen LogP contribution in [-0.2, 0) is 10.0 Å². The summed E-state index contributed by atoms with van der Waals surface area (Å²) in [6, 6.07) is 6.83. The number of rotatable bonds is 7. The first kappa shape index (κ1) is 15.4. The van der Waals surface area contributed by atoms with Gasteiger partial charge in [0.05, 0.1) is 5.02 Å². The molecule has 0 atom stereocenters. The molecule has 0 bridgehead atoms. The lowest BCUT2D eigenvalue weighted by Gasteiger charge is -2.10. The van der Waals surface area contributed by atoms with Gasteiger partial charge in [0.25, 0.3) is 0 Å². The van der Waals surface area contributed by atoms with Crippen molar-refractivity contribution in [3.63, 3.8) is 0 Å². The van der Waals surface area contributed by atoms with Gasteiger partial charge in [-0.25, -0.2) is 13.1 Å². The minimum atomic E-state index is -3.50. The monoisotopic (exact) mass is 290 g/mol. The van der Waals surface area contributed by atoms with Gasteiger partial charge in [0, 0.05) is 12.6 Å². The zero-order valence-corrected chi connectivity index (χ0v) is 12.2. The van der Waals surface area contributed by atoms with E-state index in [-0.39, 0.29) is 9.92 Å². The summed E-state index contributed by atoms with van der Waals surface area (Å²) in [5.41, 5.74) is 0. The molecule has 0 saturated carbocycles. The number of nitrogens with one attached hydrogen (secondary N) is 2. The van der Waals surface area contributed by atoms with E-state index in [0.717, 1.165) is 13.0 Å². The van der Waals surface area contributed by atoms with Crippen LogP contribution in [0.4, 0.5) is 0 Å². The molecule has 0 aliphatic carbocycles. The largest absolute Gasteiger partial charge is 0.314 e. The van der Waals surface area contributed by atoms with Gasteiger partial charge in [0.15, 0.2) is 0 Å². The fraction of sp³-hybridized carbons (Fsp3) is 0.500. The van der Waals surface area contributed by atoms with Gasteiger partial charge >= 0.3 is 0 Å². The Morgan fingerprint density at radius 2 is 1.89 bits per heavy atom. The van der Waals surface area contributed by atoms with Gasteiger partial charge < -0.3 is 5.32 Å². The van der Waals surface area contributed by atoms with Crippen LogP contribution < -0.4 is 10.0 Å². The number of sulfonamides is 1. The quantitative estimate of drug-likeness (QED) is 0.755. The summed E-state index contributed by atoms with van der Waals surface area (Å²) < 4.78 is 26.4. The van der Waals surface area contributed by atoms with Crippen LogP contribution in [0.1, 0.15) is 20.3 Å². The molecule has 0 spiro atoms. The Hall–Kier alpha value is -0.620. The Bertz CT molecular complexity index is 475. The zero-order valence-electron chi connectivity index (χ0n) is 10.6. The molecule has 0 aliphatic heterocycles. The first-order valence-electron chi connectivity index (χ1n) is 5.91. The molecule has 0 aliphatic rings. The number of hydrogen-bond acceptors (Lipinski definition) is 3. The molecule has 1 aromatic carbocycles. The van der Waals surface area contributed by atoms with Gasteiger partial charge in [0.2, 0.25) is 10.0 Å². The molecule has 0 aromatic heterocycles. The zero-order chi connectivity index (χ0) is 13.6. The van der Waals surface area contributed by atoms with Crippen molar-refractivity contribution in [2.75, 3.05) is 13.1 Å². The SMILES string of the molecule is CC(C)NCCCNS(=O)(=O)c1ccccc1Cl. The van der Waals surface area contributed by atoms with Gasteiger partial charge in [-0.2, -0.15) is 0 Å². The third kappa shape index (κ3) is 4.94. The summed E-state index contributed by atoms with van der Waals surface area (Å²) in [7, 11) is -3.50. The molecule has 102 valence electrons. The van der Waals surface area contributed by atoms with E-state index in [1.165, 1.54) is 6.07 Å². The Kier molecular flexibility index (Phi) is 6.08. The van der Waals surface area contributed by atoms with Crippen LogP contribution in [0.2, 0.25) is 5.02 Å². The number of halogens is 1. The second kappa shape index (κ2) is 7.09. The van der Waals surface area contributed by atoms with Crippen molar-refractivity contribution in [2.24, 2.45) is 0 Å². The van der Waals surface area contributed by atoms with Crippen molar-refractivity contribution in [1.82, 2.24) is 10.0 Å². The van der Waals surface area contributed by atoms with E-state index in [1.54, 1.807) is 18.2 Å². The third-order valence-corrected chi connectivity index (χ3v) is 4.29. The van der Waals surface area contributed by atoms with E-state index in [4.69, 9.17) is 11.6 Å². The van der Waals surface area contributed by atoms with Gasteiger partial charge in [-0.3, -0.25) is 0 Å². The van der Waals surface area contributed by atoms with Gasteiger partial charge in [-0.15, -0.1) is 0 Å². The maximum Gasteiger partial charge on any atom is 0.242 e. The second-order valence-electron chi connectivity index (χ2n) is 4.29. The highest BCUT2D eigenvalue weighted by molar-refractivity contribution is 7.89. The highest BCUT2D eigenvalue weighted by Crippen LogP contribution is 2.19. The van der Waals surface area contributed by atoms with Crippen LogP contribution in [-0.4, -0.2) is 27.5 Å². The maximum atomic E-state index is 11.9. The normalized spacial score (nSPS) is 12.0. The van der Waals surface area contributed by atoms with E-state index >= 15 is 0 Å². The lowest BCUT2D eigenvalue weighted by Crippen LogP contribution is -2.29. The first-order valence-corrected chi connectivity index (χ1v) is 7.77. The van der Waals surface area contributed by atoms with Crippen molar-refractivity contribution >= 4 is 21.6 Å². The van der Waals surface area contributed by atoms with E-state index in [9.17, 15) is 8.42 Å². The van der Waals surface area contributed by atoms with Crippen molar-refractivity contribution in [1.29, 1.82) is 0 Å². The summed E-state index contributed by atoms with van der Waals surface area (Å²) in [4.78, 5) is 0.128. The molecule has 0 radical (unpaired) electrons. The molecule has 0 saturated heterocycles. The summed E-state index contributed by atoms with van der Waals surface area (Å²) in [5.74, 6) is 0. The van der Waals surface area contributed by atoms with Crippen molar-refractivity contribution in [2.45, 2.75) is 31.2 Å². The highest BCUT2D eigenvalue weighted by Gasteiger charge is 2.16. The van der Waals surface area contributed by atoms with Crippen LogP contribution in [0.15, 0.2) is 29.2 Å². The summed E-state index contributed by atoms with van der Waals surface area (Å²) in [6.07, 6.45) is 0.738. The Labute approximate surface area is 114 Å². The van der Waals surface area contributed by atoms with Crippen LogP contribution in [0.25, 0.3) is 0 Å². The van der Waals surface area contributed by atoms with Crippen LogP contribution in [0, 0.1) is 0 Å². The fourth-order valence-electron chi connectivity index (χ4n) is 1.43. The first-order chi connectivity index (χ1) is 8.43. The van der Waals surface area contributed by atoms with E-state index in [1.807, 2.05) is 13.8 Å². The van der Waals surface area contributed by atoms with Crippen molar-refractivity contribution < 1.29 is 8.42 Å². The van der Waals surface area contributed by atoms with Crippen molar-refractivity contribution in [3.8, 4) is 0 Å². The molecule has 0 amide bonds. The average Bonchev–Trinajstić information content (AvgIpc) is 2.28. The van der Waals surface area contributed by atoms with Crippen LogP contribution >= 0.6 is 11.6 Å². The van der Waals surface area contributed by atoms with Crippen LogP contribution in [0.5, 0.6) is 0 Å². The fourth-order valence-corrected chi connectivity index (χ4v) is 3.02. The number of benzene rings is 1. The minimum absolute atomic E-state index is 0.128. The Balaban J connectivity index is 2.49. The molecule has 1 aromatic rings. The molecule has 18 heavy (non-hydrogen) atoms. The number of hydrogen-bond donors (Lipinski definition) is 2. The lowest BCUT2D eigenvalue weighted by atomic mass is 10.3. The Morgan fingerprint density at radius 3 is 2.50 bits per heavy atom. The van der Waals surface area contributed by atoms with Gasteiger partial charge in [-0.1, -0.05) is 37.6 Å². The molecule has 0 heterocycles. The summed E-state index contributed by atoms with van der Waals surface area (Å²) in [6.45, 7) is 5.28. The smallest absolute Gasteiger partial charge is 0.242 e. The summed E-state index contributed by atoms with van der Waals surface area (Å²) in [5, 5.41) is 3.46. The predicted octanol–water partition coefficient (Wildman–Crippen LogP) is 2.01. The average molecular weight is 291 g/mol. The van der Waals surface area contributed by atoms with Gasteiger partial charge in [-0.05, 0) is 25.1 Å². The molecule has 0 unspecified atom stereocenters. The molecular weight excluding hydrogens is 272 g/mol. The molecule has 2 N–H and O–H groups in total. The van der Waals surface area contributed by atoms with E-state index < -0.39 is 10.0 Å². The second-order valence-corrected chi connectivity index (χ2v) is 6.43. The molecule has 4 nitrogen and oxygen atoms in total. The van der Waals surface area contributed by atoms with Crippen molar-refractivity contribution in [3.05, 3.63) is 29.3 Å². The third-order valence-electron chi connectivity index (χ3n) is 2.32. The topological polar surface area (TPSA) is 58.2 Å². The molecule has 0 fully saturated rings. The molecule has 6 heteroatoms. The summed E-state index contributed by atoms with van der Waals surface area (Å²) >= 11 is 5.86. The van der Waals surface area contributed by atoms with E-state index in [2.05, 4.69) is 10.0 Å². The standard InChI is InChI=1S/C12H19ClN2O2S/c1-10(2)14-8-5-9-15-18(16,17)12-7-4-3-6-11(12)13/h3-4,6-7,10,14-15H,5,8-9H2,1-2H3. The maximum absolute atomic E-state index is 11.9. The molecule has 1 rings (SSSR count).